The zero-order valence-electron chi connectivity index (χ0n) is 15.6. The first-order valence-electron chi connectivity index (χ1n) is 8.86. The Morgan fingerprint density at radius 1 is 1.25 bits per heavy atom. The third kappa shape index (κ3) is 4.99. The van der Waals surface area contributed by atoms with Crippen LogP contribution in [0.15, 0.2) is 52.1 Å². The maximum atomic E-state index is 13.9. The second-order valence-electron chi connectivity index (χ2n) is 6.29. The van der Waals surface area contributed by atoms with Crippen LogP contribution in [0.4, 0.5) is 10.1 Å². The first kappa shape index (κ1) is 20.5. The molecule has 146 valence electrons. The van der Waals surface area contributed by atoms with E-state index in [4.69, 9.17) is 0 Å². The fraction of sp³-hybridized carbons (Fsp3) is 0.250. The minimum atomic E-state index is -0.483. The molecule has 3 aromatic rings. The normalized spacial score (nSPS) is 10.9. The number of hydrogen-bond acceptors (Lipinski definition) is 4. The van der Waals surface area contributed by atoms with E-state index >= 15 is 0 Å². The lowest BCUT2D eigenvalue weighted by Crippen LogP contribution is -2.15. The van der Waals surface area contributed by atoms with Gasteiger partial charge in [-0.3, -0.25) is 4.79 Å². The van der Waals surface area contributed by atoms with Crippen molar-refractivity contribution in [3.63, 3.8) is 0 Å². The maximum Gasteiger partial charge on any atom is 0.234 e. The van der Waals surface area contributed by atoms with Crippen LogP contribution in [0.2, 0.25) is 0 Å². The van der Waals surface area contributed by atoms with Crippen LogP contribution in [0.3, 0.4) is 0 Å². The largest absolute Gasteiger partial charge is 0.323 e. The van der Waals surface area contributed by atoms with Gasteiger partial charge in [0.15, 0.2) is 11.0 Å². The monoisotopic (exact) mass is 462 g/mol. The SMILES string of the molecule is CCCn1c(SCC(=O)Nc2ccc(Br)cc2F)nnc1-c1cccc(C)c1. The molecule has 0 fully saturated rings. The van der Waals surface area contributed by atoms with E-state index in [1.54, 1.807) is 6.07 Å². The highest BCUT2D eigenvalue weighted by Crippen LogP contribution is 2.25. The summed E-state index contributed by atoms with van der Waals surface area (Å²) in [5.74, 6) is 0.121. The Labute approximate surface area is 175 Å². The Morgan fingerprint density at radius 3 is 2.79 bits per heavy atom. The van der Waals surface area contributed by atoms with Gasteiger partial charge >= 0.3 is 0 Å². The molecule has 0 aliphatic heterocycles. The van der Waals surface area contributed by atoms with Gasteiger partial charge in [0.05, 0.1) is 11.4 Å². The number of benzene rings is 2. The highest BCUT2D eigenvalue weighted by Gasteiger charge is 2.16. The number of amides is 1. The Morgan fingerprint density at radius 2 is 2.07 bits per heavy atom. The highest BCUT2D eigenvalue weighted by atomic mass is 79.9. The molecule has 2 aromatic carbocycles. The van der Waals surface area contributed by atoms with E-state index in [1.165, 1.54) is 23.9 Å². The third-order valence-electron chi connectivity index (χ3n) is 3.98. The molecule has 0 aliphatic rings. The van der Waals surface area contributed by atoms with Crippen LogP contribution in [0.1, 0.15) is 18.9 Å². The molecule has 0 bridgehead atoms. The van der Waals surface area contributed by atoms with Crippen LogP contribution in [-0.4, -0.2) is 26.4 Å². The van der Waals surface area contributed by atoms with E-state index < -0.39 is 5.82 Å². The van der Waals surface area contributed by atoms with E-state index in [0.717, 1.165) is 29.9 Å². The Bertz CT molecular complexity index is 992. The standard InChI is InChI=1S/C20H20BrFN4OS/c1-3-9-26-19(14-6-4-5-13(2)10-14)24-25-20(26)28-12-18(27)23-17-8-7-15(21)11-16(17)22/h4-8,10-11H,3,9,12H2,1-2H3,(H,23,27). The molecule has 28 heavy (non-hydrogen) atoms. The first-order chi connectivity index (χ1) is 13.5. The van der Waals surface area contributed by atoms with Crippen LogP contribution >= 0.6 is 27.7 Å². The van der Waals surface area contributed by atoms with Crippen molar-refractivity contribution in [3.05, 3.63) is 58.3 Å². The van der Waals surface area contributed by atoms with Gasteiger partial charge in [-0.1, -0.05) is 58.4 Å². The first-order valence-corrected chi connectivity index (χ1v) is 10.6. The molecule has 1 amide bonds. The number of aromatic nitrogens is 3. The van der Waals surface area contributed by atoms with Crippen molar-refractivity contribution in [3.8, 4) is 11.4 Å². The lowest BCUT2D eigenvalue weighted by atomic mass is 10.1. The van der Waals surface area contributed by atoms with Crippen LogP contribution < -0.4 is 5.32 Å². The van der Waals surface area contributed by atoms with Crippen molar-refractivity contribution in [2.75, 3.05) is 11.1 Å². The Kier molecular flexibility index (Phi) is 6.85. The van der Waals surface area contributed by atoms with Gasteiger partial charge < -0.3 is 9.88 Å². The van der Waals surface area contributed by atoms with E-state index in [1.807, 2.05) is 29.7 Å². The summed E-state index contributed by atoms with van der Waals surface area (Å²) in [6.07, 6.45) is 0.917. The number of hydrogen-bond donors (Lipinski definition) is 1. The van der Waals surface area contributed by atoms with Crippen molar-refractivity contribution in [2.24, 2.45) is 0 Å². The molecular weight excluding hydrogens is 443 g/mol. The van der Waals surface area contributed by atoms with Crippen LogP contribution in [0.5, 0.6) is 0 Å². The molecule has 0 atom stereocenters. The van der Waals surface area contributed by atoms with Gasteiger partial charge in [0.25, 0.3) is 0 Å². The number of nitrogens with one attached hydrogen (secondary N) is 1. The van der Waals surface area contributed by atoms with Crippen molar-refractivity contribution in [2.45, 2.75) is 32.0 Å². The average Bonchev–Trinajstić information content (AvgIpc) is 3.05. The third-order valence-corrected chi connectivity index (χ3v) is 5.44. The molecule has 3 rings (SSSR count). The topological polar surface area (TPSA) is 59.8 Å². The highest BCUT2D eigenvalue weighted by molar-refractivity contribution is 9.10. The Balaban J connectivity index is 1.72. The summed E-state index contributed by atoms with van der Waals surface area (Å²) in [7, 11) is 0. The minimum Gasteiger partial charge on any atom is -0.323 e. The van der Waals surface area contributed by atoms with Gasteiger partial charge in [-0.15, -0.1) is 10.2 Å². The minimum absolute atomic E-state index is 0.116. The number of rotatable bonds is 7. The zero-order valence-corrected chi connectivity index (χ0v) is 18.0. The summed E-state index contributed by atoms with van der Waals surface area (Å²) < 4.78 is 16.5. The van der Waals surface area contributed by atoms with Gasteiger partial charge in [-0.05, 0) is 37.6 Å². The molecule has 1 heterocycles. The molecular formula is C20H20BrFN4OS. The smallest absolute Gasteiger partial charge is 0.234 e. The second kappa shape index (κ2) is 9.34. The maximum absolute atomic E-state index is 13.9. The molecule has 0 unspecified atom stereocenters. The van der Waals surface area contributed by atoms with Gasteiger partial charge in [-0.25, -0.2) is 4.39 Å². The molecule has 0 spiro atoms. The average molecular weight is 463 g/mol. The predicted molar refractivity (Wildman–Crippen MR) is 114 cm³/mol. The van der Waals surface area contributed by atoms with Crippen molar-refractivity contribution in [1.29, 1.82) is 0 Å². The number of carbonyl (C=O) groups excluding carboxylic acids is 1. The summed E-state index contributed by atoms with van der Waals surface area (Å²) in [4.78, 5) is 12.2. The van der Waals surface area contributed by atoms with Crippen molar-refractivity contribution < 1.29 is 9.18 Å². The molecule has 0 saturated heterocycles. The van der Waals surface area contributed by atoms with Crippen LogP contribution in [0.25, 0.3) is 11.4 Å². The van der Waals surface area contributed by atoms with Crippen molar-refractivity contribution in [1.82, 2.24) is 14.8 Å². The summed E-state index contributed by atoms with van der Waals surface area (Å²) >= 11 is 4.49. The van der Waals surface area contributed by atoms with Crippen molar-refractivity contribution >= 4 is 39.3 Å². The van der Waals surface area contributed by atoms with E-state index in [-0.39, 0.29) is 17.3 Å². The lowest BCUT2D eigenvalue weighted by Gasteiger charge is -2.10. The number of thioether (sulfide) groups is 1. The number of halogens is 2. The number of carbonyl (C=O) groups is 1. The molecule has 8 heteroatoms. The molecule has 0 aliphatic carbocycles. The fourth-order valence-corrected chi connectivity index (χ4v) is 3.82. The predicted octanol–water partition coefficient (Wildman–Crippen LogP) is 5.30. The van der Waals surface area contributed by atoms with Gasteiger partial charge in [0, 0.05) is 16.6 Å². The molecule has 1 aromatic heterocycles. The fourth-order valence-electron chi connectivity index (χ4n) is 2.73. The van der Waals surface area contributed by atoms with E-state index in [0.29, 0.717) is 9.63 Å². The molecule has 1 N–H and O–H groups in total. The summed E-state index contributed by atoms with van der Waals surface area (Å²) in [6.45, 7) is 4.87. The summed E-state index contributed by atoms with van der Waals surface area (Å²) in [6, 6.07) is 12.6. The number of nitrogens with zero attached hydrogens (tertiary/aromatic N) is 3. The van der Waals surface area contributed by atoms with E-state index in [9.17, 15) is 9.18 Å². The van der Waals surface area contributed by atoms with Gasteiger partial charge in [0.2, 0.25) is 5.91 Å². The molecule has 0 radical (unpaired) electrons. The number of aryl methyl sites for hydroxylation is 1. The number of anilines is 1. The van der Waals surface area contributed by atoms with Crippen LogP contribution in [-0.2, 0) is 11.3 Å². The lowest BCUT2D eigenvalue weighted by molar-refractivity contribution is -0.113. The zero-order chi connectivity index (χ0) is 20.1. The van der Waals surface area contributed by atoms with E-state index in [2.05, 4.69) is 44.4 Å². The summed E-state index contributed by atoms with van der Waals surface area (Å²) in [5, 5.41) is 11.9. The summed E-state index contributed by atoms with van der Waals surface area (Å²) in [5.41, 5.74) is 2.30. The quantitative estimate of drug-likeness (QED) is 0.484. The van der Waals surface area contributed by atoms with Crippen LogP contribution in [0, 0.1) is 12.7 Å². The van der Waals surface area contributed by atoms with Gasteiger partial charge in [0.1, 0.15) is 5.82 Å². The second-order valence-corrected chi connectivity index (χ2v) is 8.15. The van der Waals surface area contributed by atoms with Gasteiger partial charge in [-0.2, -0.15) is 0 Å². The Hall–Kier alpha value is -2.19. The molecule has 0 saturated carbocycles. The molecule has 5 nitrogen and oxygen atoms in total.